The second kappa shape index (κ2) is 6.78. The Bertz CT molecular complexity index is 404. The Morgan fingerprint density at radius 3 is 3.10 bits per heavy atom. The summed E-state index contributed by atoms with van der Waals surface area (Å²) in [7, 11) is 0. The Kier molecular flexibility index (Phi) is 4.81. The van der Waals surface area contributed by atoms with Crippen LogP contribution in [0.25, 0.3) is 0 Å². The summed E-state index contributed by atoms with van der Waals surface area (Å²) in [6.45, 7) is 6.08. The molecule has 0 spiro atoms. The molecule has 3 aliphatic rings. The molecular formula is C14H23ClN4O. The summed E-state index contributed by atoms with van der Waals surface area (Å²) in [6.07, 6.45) is 4.79. The maximum absolute atomic E-state index is 6.06. The minimum absolute atomic E-state index is 0.193. The number of ether oxygens (including phenoxy) is 1. The number of nitrogens with zero attached hydrogens (tertiary/aromatic N) is 2. The zero-order chi connectivity index (χ0) is 13.8. The van der Waals surface area contributed by atoms with Crippen LogP contribution in [-0.4, -0.2) is 55.6 Å². The second-order valence-corrected chi connectivity index (χ2v) is 5.99. The zero-order valence-electron chi connectivity index (χ0n) is 11.8. The fourth-order valence-corrected chi connectivity index (χ4v) is 3.27. The van der Waals surface area contributed by atoms with Crippen LogP contribution in [0.4, 0.5) is 0 Å². The largest absolute Gasteiger partial charge is 0.377 e. The first-order valence-corrected chi connectivity index (χ1v) is 7.98. The van der Waals surface area contributed by atoms with Crippen molar-refractivity contribution < 1.29 is 4.74 Å². The van der Waals surface area contributed by atoms with Crippen LogP contribution in [-0.2, 0) is 4.74 Å². The van der Waals surface area contributed by atoms with Gasteiger partial charge in [-0.25, -0.2) is 4.99 Å². The number of rotatable bonds is 5. The zero-order valence-corrected chi connectivity index (χ0v) is 12.6. The van der Waals surface area contributed by atoms with Crippen molar-refractivity contribution >= 4 is 16.9 Å². The Hall–Kier alpha value is -0.780. The third-order valence-corrected chi connectivity index (χ3v) is 4.36. The molecule has 3 rings (SSSR count). The Labute approximate surface area is 125 Å². The molecule has 0 amide bonds. The molecule has 0 aromatic heterocycles. The van der Waals surface area contributed by atoms with E-state index in [1.165, 1.54) is 38.0 Å². The highest BCUT2D eigenvalue weighted by Gasteiger charge is 2.26. The third-order valence-electron chi connectivity index (χ3n) is 4.17. The maximum atomic E-state index is 6.06. The predicted molar refractivity (Wildman–Crippen MR) is 81.0 cm³/mol. The van der Waals surface area contributed by atoms with Gasteiger partial charge in [-0.3, -0.25) is 0 Å². The van der Waals surface area contributed by atoms with Gasteiger partial charge < -0.3 is 20.3 Å². The molecule has 2 fully saturated rings. The molecule has 3 heterocycles. The number of fused-ring (bicyclic) bond motifs is 1. The van der Waals surface area contributed by atoms with Gasteiger partial charge in [0, 0.05) is 18.7 Å². The molecule has 112 valence electrons. The van der Waals surface area contributed by atoms with Gasteiger partial charge >= 0.3 is 0 Å². The quantitative estimate of drug-likeness (QED) is 0.593. The monoisotopic (exact) mass is 298 g/mol. The van der Waals surface area contributed by atoms with Crippen LogP contribution < -0.4 is 10.6 Å². The molecule has 0 radical (unpaired) electrons. The van der Waals surface area contributed by atoms with Crippen molar-refractivity contribution in [1.82, 2.24) is 15.5 Å². The van der Waals surface area contributed by atoms with Gasteiger partial charge in [-0.2, -0.15) is 0 Å². The lowest BCUT2D eigenvalue weighted by Gasteiger charge is -2.30. The van der Waals surface area contributed by atoms with Gasteiger partial charge in [-0.1, -0.05) is 0 Å². The number of halogens is 1. The van der Waals surface area contributed by atoms with Crippen molar-refractivity contribution in [3.05, 3.63) is 11.4 Å². The smallest absolute Gasteiger partial charge is 0.197 e. The highest BCUT2D eigenvalue weighted by molar-refractivity contribution is 6.65. The lowest BCUT2D eigenvalue weighted by Crippen LogP contribution is -2.41. The fraction of sp³-hybridized carbons (Fsp3) is 0.786. The average Bonchev–Trinajstić information content (AvgIpc) is 2.96. The van der Waals surface area contributed by atoms with E-state index in [9.17, 15) is 0 Å². The third kappa shape index (κ3) is 3.45. The van der Waals surface area contributed by atoms with Crippen molar-refractivity contribution in [2.45, 2.75) is 31.7 Å². The highest BCUT2D eigenvalue weighted by Crippen LogP contribution is 2.22. The first-order chi connectivity index (χ1) is 9.83. The van der Waals surface area contributed by atoms with Gasteiger partial charge in [0.1, 0.15) is 5.82 Å². The van der Waals surface area contributed by atoms with Gasteiger partial charge in [0.05, 0.1) is 12.6 Å². The fourth-order valence-electron chi connectivity index (χ4n) is 3.06. The summed E-state index contributed by atoms with van der Waals surface area (Å²) in [5, 5.41) is 7.09. The van der Waals surface area contributed by atoms with E-state index in [1.807, 2.05) is 0 Å². The standard InChI is InChI=1S/C14H23ClN4O/c15-14-17-12-4-9-20-10-11(12)13(18-14)16-5-3-8-19-6-1-2-7-19/h12,16H,1-10H2,(H,17,18). The maximum Gasteiger partial charge on any atom is 0.197 e. The Morgan fingerprint density at radius 2 is 2.25 bits per heavy atom. The molecule has 3 aliphatic heterocycles. The molecule has 2 saturated heterocycles. The molecule has 5 nitrogen and oxygen atoms in total. The van der Waals surface area contributed by atoms with Gasteiger partial charge in [0.25, 0.3) is 0 Å². The van der Waals surface area contributed by atoms with E-state index in [2.05, 4.69) is 20.5 Å². The summed E-state index contributed by atoms with van der Waals surface area (Å²) in [6, 6.07) is 0.193. The summed E-state index contributed by atoms with van der Waals surface area (Å²) in [5.74, 6) is 1.01. The Balaban J connectivity index is 1.48. The van der Waals surface area contributed by atoms with E-state index in [0.717, 1.165) is 31.8 Å². The van der Waals surface area contributed by atoms with Crippen molar-refractivity contribution in [1.29, 1.82) is 0 Å². The number of likely N-dealkylation sites (tertiary alicyclic amines) is 1. The van der Waals surface area contributed by atoms with Crippen molar-refractivity contribution in [3.8, 4) is 0 Å². The minimum atomic E-state index is 0.193. The van der Waals surface area contributed by atoms with Crippen LogP contribution in [0.5, 0.6) is 0 Å². The molecule has 0 aromatic carbocycles. The predicted octanol–water partition coefficient (Wildman–Crippen LogP) is 1.26. The number of hydrogen-bond acceptors (Lipinski definition) is 5. The van der Waals surface area contributed by atoms with E-state index in [1.54, 1.807) is 0 Å². The van der Waals surface area contributed by atoms with E-state index in [4.69, 9.17) is 16.3 Å². The van der Waals surface area contributed by atoms with Gasteiger partial charge in [-0.05, 0) is 56.9 Å². The lowest BCUT2D eigenvalue weighted by atomic mass is 10.0. The SMILES string of the molecule is ClC1=NC2CCOCC2=C(NCCCN2CCCC2)N1. The van der Waals surface area contributed by atoms with Gasteiger partial charge in [-0.15, -0.1) is 0 Å². The van der Waals surface area contributed by atoms with E-state index in [-0.39, 0.29) is 6.04 Å². The first-order valence-electron chi connectivity index (χ1n) is 7.60. The van der Waals surface area contributed by atoms with Crippen LogP contribution in [0.2, 0.25) is 0 Å². The Morgan fingerprint density at radius 1 is 1.40 bits per heavy atom. The molecule has 0 saturated carbocycles. The van der Waals surface area contributed by atoms with Gasteiger partial charge in [0.15, 0.2) is 5.29 Å². The highest BCUT2D eigenvalue weighted by atomic mass is 35.5. The minimum Gasteiger partial charge on any atom is -0.377 e. The van der Waals surface area contributed by atoms with Crippen LogP contribution >= 0.6 is 11.6 Å². The normalized spacial score (nSPS) is 27.1. The molecular weight excluding hydrogens is 276 g/mol. The van der Waals surface area contributed by atoms with Crippen LogP contribution in [0.3, 0.4) is 0 Å². The van der Waals surface area contributed by atoms with Crippen molar-refractivity contribution in [2.24, 2.45) is 4.99 Å². The van der Waals surface area contributed by atoms with Crippen LogP contribution in [0, 0.1) is 0 Å². The van der Waals surface area contributed by atoms with E-state index in [0.29, 0.717) is 11.9 Å². The van der Waals surface area contributed by atoms with Crippen molar-refractivity contribution in [2.75, 3.05) is 39.4 Å². The summed E-state index contributed by atoms with van der Waals surface area (Å²) in [4.78, 5) is 6.97. The van der Waals surface area contributed by atoms with Crippen LogP contribution in [0.1, 0.15) is 25.7 Å². The molecule has 0 aromatic rings. The average molecular weight is 299 g/mol. The lowest BCUT2D eigenvalue weighted by molar-refractivity contribution is 0.120. The molecule has 0 aliphatic carbocycles. The molecule has 1 unspecified atom stereocenters. The molecule has 1 atom stereocenters. The number of hydrogen-bond donors (Lipinski definition) is 2. The molecule has 0 bridgehead atoms. The topological polar surface area (TPSA) is 48.9 Å². The molecule has 6 heteroatoms. The molecule has 20 heavy (non-hydrogen) atoms. The number of nitrogens with one attached hydrogen (secondary N) is 2. The van der Waals surface area contributed by atoms with Gasteiger partial charge in [0.2, 0.25) is 0 Å². The van der Waals surface area contributed by atoms with Crippen molar-refractivity contribution in [3.63, 3.8) is 0 Å². The number of aliphatic imine (C=N–C) groups is 1. The molecule has 2 N–H and O–H groups in total. The summed E-state index contributed by atoms with van der Waals surface area (Å²) < 4.78 is 5.53. The summed E-state index contributed by atoms with van der Waals surface area (Å²) in [5.41, 5.74) is 1.21. The first kappa shape index (κ1) is 14.2. The number of amidine groups is 1. The summed E-state index contributed by atoms with van der Waals surface area (Å²) >= 11 is 6.06. The van der Waals surface area contributed by atoms with E-state index < -0.39 is 0 Å². The second-order valence-electron chi connectivity index (χ2n) is 5.63. The van der Waals surface area contributed by atoms with Crippen LogP contribution in [0.15, 0.2) is 16.4 Å². The van der Waals surface area contributed by atoms with E-state index >= 15 is 0 Å².